The maximum Gasteiger partial charge on any atom is 0.138 e. The Bertz CT molecular complexity index is 774. The lowest BCUT2D eigenvalue weighted by molar-refractivity contribution is 0.610. The highest BCUT2D eigenvalue weighted by molar-refractivity contribution is 5.95. The van der Waals surface area contributed by atoms with Crippen molar-refractivity contribution in [1.82, 2.24) is 0 Å². The van der Waals surface area contributed by atoms with Crippen molar-refractivity contribution in [2.45, 2.75) is 0 Å². The Morgan fingerprint density at radius 2 is 1.61 bits per heavy atom. The molecule has 18 heavy (non-hydrogen) atoms. The molecule has 0 amide bonds. The lowest BCUT2D eigenvalue weighted by Crippen LogP contribution is -1.69. The van der Waals surface area contributed by atoms with Crippen LogP contribution < -0.4 is 0 Å². The number of hydrogen-bond acceptors (Lipinski definition) is 2. The second kappa shape index (κ2) is 3.50. The quantitative estimate of drug-likeness (QED) is 0.470. The van der Waals surface area contributed by atoms with Crippen LogP contribution in [0, 0.1) is 0 Å². The molecule has 0 aliphatic rings. The molecule has 0 saturated carbocycles. The van der Waals surface area contributed by atoms with Gasteiger partial charge in [-0.25, -0.2) is 0 Å². The number of furan rings is 2. The monoisotopic (exact) mass is 234 g/mol. The number of fused-ring (bicyclic) bond motifs is 2. The third kappa shape index (κ3) is 1.36. The fraction of sp³-hybridized carbons (Fsp3) is 0. The number of benzene rings is 2. The topological polar surface area (TPSA) is 26.3 Å². The molecule has 0 aliphatic heterocycles. The van der Waals surface area contributed by atoms with E-state index in [0.29, 0.717) is 0 Å². The summed E-state index contributed by atoms with van der Waals surface area (Å²) in [5.74, 6) is 0.887. The second-order valence-corrected chi connectivity index (χ2v) is 4.33. The fourth-order valence-corrected chi connectivity index (χ4v) is 2.24. The molecule has 2 aromatic carbocycles. The highest BCUT2D eigenvalue weighted by Crippen LogP contribution is 2.31. The average molecular weight is 234 g/mol. The largest absolute Gasteiger partial charge is 0.464 e. The van der Waals surface area contributed by atoms with Crippen molar-refractivity contribution in [3.05, 3.63) is 60.9 Å². The van der Waals surface area contributed by atoms with Gasteiger partial charge in [0.2, 0.25) is 0 Å². The van der Waals surface area contributed by atoms with Crippen molar-refractivity contribution in [3.8, 4) is 11.3 Å². The zero-order chi connectivity index (χ0) is 11.9. The maximum atomic E-state index is 5.87. The summed E-state index contributed by atoms with van der Waals surface area (Å²) >= 11 is 0. The highest BCUT2D eigenvalue weighted by Gasteiger charge is 2.08. The first-order valence-corrected chi connectivity index (χ1v) is 5.86. The van der Waals surface area contributed by atoms with Crippen LogP contribution in [-0.4, -0.2) is 0 Å². The van der Waals surface area contributed by atoms with E-state index in [0.717, 1.165) is 33.3 Å². The van der Waals surface area contributed by atoms with Crippen LogP contribution in [0.2, 0.25) is 0 Å². The fourth-order valence-electron chi connectivity index (χ4n) is 2.24. The van der Waals surface area contributed by atoms with E-state index < -0.39 is 0 Å². The molecular formula is C16H10O2. The molecule has 2 aromatic heterocycles. The van der Waals surface area contributed by atoms with Crippen LogP contribution in [0.3, 0.4) is 0 Å². The molecule has 0 fully saturated rings. The first kappa shape index (κ1) is 9.54. The smallest absolute Gasteiger partial charge is 0.138 e. The van der Waals surface area contributed by atoms with Crippen molar-refractivity contribution in [1.29, 1.82) is 0 Å². The van der Waals surface area contributed by atoms with E-state index >= 15 is 0 Å². The lowest BCUT2D eigenvalue weighted by atomic mass is 10.1. The van der Waals surface area contributed by atoms with Gasteiger partial charge >= 0.3 is 0 Å². The summed E-state index contributed by atoms with van der Waals surface area (Å²) in [5, 5.41) is 2.20. The first-order valence-electron chi connectivity index (χ1n) is 5.86. The molecule has 0 aliphatic carbocycles. The van der Waals surface area contributed by atoms with Gasteiger partial charge in [0.25, 0.3) is 0 Å². The Balaban J connectivity index is 1.98. The van der Waals surface area contributed by atoms with Crippen LogP contribution in [0.15, 0.2) is 69.7 Å². The summed E-state index contributed by atoms with van der Waals surface area (Å²) < 4.78 is 11.3. The molecule has 2 nitrogen and oxygen atoms in total. The predicted molar refractivity (Wildman–Crippen MR) is 71.4 cm³/mol. The Kier molecular flexibility index (Phi) is 1.86. The molecule has 2 heteroatoms. The van der Waals surface area contributed by atoms with Crippen LogP contribution >= 0.6 is 0 Å². The summed E-state index contributed by atoms with van der Waals surface area (Å²) in [5.41, 5.74) is 2.80. The van der Waals surface area contributed by atoms with Gasteiger partial charge < -0.3 is 8.83 Å². The van der Waals surface area contributed by atoms with E-state index in [9.17, 15) is 0 Å². The molecule has 0 bridgehead atoms. The van der Waals surface area contributed by atoms with E-state index in [1.54, 1.807) is 6.26 Å². The zero-order valence-corrected chi connectivity index (χ0v) is 9.59. The molecule has 0 radical (unpaired) electrons. The molecule has 2 heterocycles. The van der Waals surface area contributed by atoms with Gasteiger partial charge in [0.1, 0.15) is 16.9 Å². The Hall–Kier alpha value is -2.48. The molecule has 4 rings (SSSR count). The summed E-state index contributed by atoms with van der Waals surface area (Å²) in [6.07, 6.45) is 1.70. The van der Waals surface area contributed by atoms with E-state index in [4.69, 9.17) is 8.83 Å². The Morgan fingerprint density at radius 3 is 2.50 bits per heavy atom. The van der Waals surface area contributed by atoms with Crippen molar-refractivity contribution in [2.75, 3.05) is 0 Å². The first-order chi connectivity index (χ1) is 8.90. The van der Waals surface area contributed by atoms with E-state index in [1.165, 1.54) is 0 Å². The standard InChI is InChI=1S/C16H10O2/c1-2-4-11(5-3-1)15-9-13-8-12-6-7-17-14(12)10-16(13)18-15/h1-10H. The summed E-state index contributed by atoms with van der Waals surface area (Å²) in [6, 6.07) is 18.2. The van der Waals surface area contributed by atoms with Crippen LogP contribution in [0.5, 0.6) is 0 Å². The summed E-state index contributed by atoms with van der Waals surface area (Å²) in [7, 11) is 0. The van der Waals surface area contributed by atoms with Crippen molar-refractivity contribution in [2.24, 2.45) is 0 Å². The second-order valence-electron chi connectivity index (χ2n) is 4.33. The maximum absolute atomic E-state index is 5.87. The molecule has 0 saturated heterocycles. The van der Waals surface area contributed by atoms with Crippen molar-refractivity contribution >= 4 is 21.9 Å². The molecule has 0 spiro atoms. The zero-order valence-electron chi connectivity index (χ0n) is 9.59. The highest BCUT2D eigenvalue weighted by atomic mass is 16.3. The minimum atomic E-state index is 0.858. The van der Waals surface area contributed by atoms with Crippen LogP contribution in [-0.2, 0) is 0 Å². The van der Waals surface area contributed by atoms with Gasteiger partial charge in [0.05, 0.1) is 6.26 Å². The van der Waals surface area contributed by atoms with Crippen molar-refractivity contribution < 1.29 is 8.83 Å². The Morgan fingerprint density at radius 1 is 0.722 bits per heavy atom. The molecule has 0 unspecified atom stereocenters. The summed E-state index contributed by atoms with van der Waals surface area (Å²) in [4.78, 5) is 0. The van der Waals surface area contributed by atoms with Gasteiger partial charge in [0, 0.05) is 22.4 Å². The van der Waals surface area contributed by atoms with Crippen LogP contribution in [0.4, 0.5) is 0 Å². The minimum Gasteiger partial charge on any atom is -0.464 e. The predicted octanol–water partition coefficient (Wildman–Crippen LogP) is 4.85. The van der Waals surface area contributed by atoms with Crippen LogP contribution in [0.1, 0.15) is 0 Å². The van der Waals surface area contributed by atoms with Crippen molar-refractivity contribution in [3.63, 3.8) is 0 Å². The van der Waals surface area contributed by atoms with E-state index in [-0.39, 0.29) is 0 Å². The normalized spacial score (nSPS) is 11.3. The molecule has 0 N–H and O–H groups in total. The van der Waals surface area contributed by atoms with Gasteiger partial charge in [-0.1, -0.05) is 30.3 Å². The van der Waals surface area contributed by atoms with Gasteiger partial charge in [-0.3, -0.25) is 0 Å². The van der Waals surface area contributed by atoms with E-state index in [1.807, 2.05) is 42.5 Å². The van der Waals surface area contributed by atoms with Gasteiger partial charge in [-0.2, -0.15) is 0 Å². The lowest BCUT2D eigenvalue weighted by Gasteiger charge is -1.93. The Labute approximate surface area is 103 Å². The number of rotatable bonds is 1. The SMILES string of the molecule is c1ccc(-c2cc3cc4ccoc4cc3o2)cc1. The van der Waals surface area contributed by atoms with Crippen LogP contribution in [0.25, 0.3) is 33.3 Å². The van der Waals surface area contributed by atoms with Gasteiger partial charge in [0.15, 0.2) is 0 Å². The van der Waals surface area contributed by atoms with Gasteiger partial charge in [-0.15, -0.1) is 0 Å². The minimum absolute atomic E-state index is 0.858. The molecule has 86 valence electrons. The summed E-state index contributed by atoms with van der Waals surface area (Å²) in [6.45, 7) is 0. The van der Waals surface area contributed by atoms with E-state index in [2.05, 4.69) is 12.1 Å². The molecule has 4 aromatic rings. The molecule has 0 atom stereocenters. The molecular weight excluding hydrogens is 224 g/mol. The average Bonchev–Trinajstić information content (AvgIpc) is 3.01. The number of hydrogen-bond donors (Lipinski definition) is 0. The third-order valence-electron chi connectivity index (χ3n) is 3.15. The van der Waals surface area contributed by atoms with Gasteiger partial charge in [-0.05, 0) is 18.2 Å². The third-order valence-corrected chi connectivity index (χ3v) is 3.15.